The third-order valence-corrected chi connectivity index (χ3v) is 6.18. The molecular formula is C26H26N2O7. The Labute approximate surface area is 202 Å². The van der Waals surface area contributed by atoms with Gasteiger partial charge in [0, 0.05) is 24.2 Å². The topological polar surface area (TPSA) is 100 Å². The Morgan fingerprint density at radius 3 is 2.06 bits per heavy atom. The molecule has 1 aliphatic rings. The monoisotopic (exact) mass is 478 g/mol. The van der Waals surface area contributed by atoms with Gasteiger partial charge >= 0.3 is 0 Å². The van der Waals surface area contributed by atoms with Gasteiger partial charge in [-0.05, 0) is 59.5 Å². The van der Waals surface area contributed by atoms with Gasteiger partial charge in [0.2, 0.25) is 0 Å². The van der Waals surface area contributed by atoms with Gasteiger partial charge < -0.3 is 23.8 Å². The number of rotatable bonds is 7. The van der Waals surface area contributed by atoms with E-state index >= 15 is 0 Å². The molecule has 1 heterocycles. The van der Waals surface area contributed by atoms with E-state index in [4.69, 9.17) is 18.9 Å². The summed E-state index contributed by atoms with van der Waals surface area (Å²) in [6, 6.07) is 14.6. The number of hydrogen-bond acceptors (Lipinski definition) is 7. The minimum atomic E-state index is -0.489. The van der Waals surface area contributed by atoms with Crippen LogP contribution in [-0.4, -0.2) is 50.7 Å². The van der Waals surface area contributed by atoms with Crippen molar-refractivity contribution in [3.63, 3.8) is 0 Å². The first-order valence-corrected chi connectivity index (χ1v) is 10.9. The molecule has 182 valence electrons. The molecule has 9 nitrogen and oxygen atoms in total. The largest absolute Gasteiger partial charge is 0.493 e. The Hall–Kier alpha value is -4.27. The molecule has 0 aliphatic carbocycles. The molecule has 3 aromatic carbocycles. The number of nitro groups is 1. The first kappa shape index (κ1) is 23.9. The summed E-state index contributed by atoms with van der Waals surface area (Å²) >= 11 is 0. The van der Waals surface area contributed by atoms with Crippen molar-refractivity contribution >= 4 is 11.6 Å². The van der Waals surface area contributed by atoms with Crippen molar-refractivity contribution in [1.82, 2.24) is 4.90 Å². The van der Waals surface area contributed by atoms with Gasteiger partial charge in [-0.15, -0.1) is 0 Å². The third kappa shape index (κ3) is 4.44. The number of carbonyl (C=O) groups excluding carboxylic acids is 1. The van der Waals surface area contributed by atoms with Crippen molar-refractivity contribution in [2.75, 3.05) is 35.0 Å². The molecule has 1 atom stereocenters. The van der Waals surface area contributed by atoms with E-state index in [0.29, 0.717) is 41.5 Å². The summed E-state index contributed by atoms with van der Waals surface area (Å²) in [7, 11) is 6.28. The van der Waals surface area contributed by atoms with Gasteiger partial charge in [0.05, 0.1) is 39.4 Å². The highest BCUT2D eigenvalue weighted by Gasteiger charge is 2.34. The average molecular weight is 479 g/mol. The van der Waals surface area contributed by atoms with Crippen molar-refractivity contribution in [2.24, 2.45) is 0 Å². The minimum absolute atomic E-state index is 0.0705. The molecule has 0 unspecified atom stereocenters. The lowest BCUT2D eigenvalue weighted by Gasteiger charge is -2.38. The summed E-state index contributed by atoms with van der Waals surface area (Å²) in [5.41, 5.74) is 3.06. The molecule has 0 spiro atoms. The van der Waals surface area contributed by atoms with Crippen LogP contribution < -0.4 is 18.9 Å². The fourth-order valence-electron chi connectivity index (χ4n) is 4.44. The van der Waals surface area contributed by atoms with Gasteiger partial charge in [-0.2, -0.15) is 0 Å². The summed E-state index contributed by atoms with van der Waals surface area (Å²) in [5.74, 6) is 2.06. The van der Waals surface area contributed by atoms with Gasteiger partial charge in [-0.25, -0.2) is 0 Å². The number of amides is 1. The second-order valence-corrected chi connectivity index (χ2v) is 7.98. The van der Waals surface area contributed by atoms with Gasteiger partial charge in [-0.1, -0.05) is 6.07 Å². The second-order valence-electron chi connectivity index (χ2n) is 7.98. The molecule has 3 aromatic rings. The Bertz CT molecular complexity index is 1260. The SMILES string of the molecule is COc1ccc([C@@H]2c3cc(OC)c(OC)cc3CCN2C(=O)c2ccc([N+](=O)[O-])cc2)cc1OC. The predicted octanol–water partition coefficient (Wildman–Crippen LogP) is 4.42. The lowest BCUT2D eigenvalue weighted by Crippen LogP contribution is -2.40. The number of benzene rings is 3. The summed E-state index contributed by atoms with van der Waals surface area (Å²) < 4.78 is 21.9. The zero-order chi connectivity index (χ0) is 25.1. The first-order chi connectivity index (χ1) is 16.9. The van der Waals surface area contributed by atoms with Crippen molar-refractivity contribution in [1.29, 1.82) is 0 Å². The number of non-ortho nitro benzene ring substituents is 1. The number of carbonyl (C=O) groups is 1. The molecule has 0 radical (unpaired) electrons. The lowest BCUT2D eigenvalue weighted by molar-refractivity contribution is -0.384. The van der Waals surface area contributed by atoms with E-state index in [1.807, 2.05) is 24.3 Å². The molecule has 0 fully saturated rings. The van der Waals surface area contributed by atoms with Crippen LogP contribution in [0.15, 0.2) is 54.6 Å². The lowest BCUT2D eigenvalue weighted by atomic mass is 9.87. The van der Waals surface area contributed by atoms with Crippen LogP contribution in [0.3, 0.4) is 0 Å². The molecule has 1 amide bonds. The number of ether oxygens (including phenoxy) is 4. The van der Waals surface area contributed by atoms with Gasteiger partial charge in [0.1, 0.15) is 0 Å². The Morgan fingerprint density at radius 2 is 1.46 bits per heavy atom. The summed E-state index contributed by atoms with van der Waals surface area (Å²) in [6.45, 7) is 0.442. The van der Waals surface area contributed by atoms with E-state index in [0.717, 1.165) is 16.7 Å². The molecule has 0 bridgehead atoms. The maximum Gasteiger partial charge on any atom is 0.269 e. The van der Waals surface area contributed by atoms with Crippen molar-refractivity contribution in [2.45, 2.75) is 12.5 Å². The average Bonchev–Trinajstić information content (AvgIpc) is 2.90. The Kier molecular flexibility index (Phi) is 6.77. The number of nitrogens with zero attached hydrogens (tertiary/aromatic N) is 2. The van der Waals surface area contributed by atoms with E-state index in [-0.39, 0.29) is 11.6 Å². The molecule has 9 heteroatoms. The van der Waals surface area contributed by atoms with E-state index in [1.165, 1.54) is 24.3 Å². The van der Waals surface area contributed by atoms with Crippen LogP contribution in [0.2, 0.25) is 0 Å². The number of hydrogen-bond donors (Lipinski definition) is 0. The molecule has 0 saturated carbocycles. The van der Waals surface area contributed by atoms with E-state index in [9.17, 15) is 14.9 Å². The van der Waals surface area contributed by atoms with E-state index < -0.39 is 11.0 Å². The molecule has 0 saturated heterocycles. The van der Waals surface area contributed by atoms with E-state index in [1.54, 1.807) is 39.4 Å². The van der Waals surface area contributed by atoms with Crippen LogP contribution in [0.25, 0.3) is 0 Å². The second kappa shape index (κ2) is 9.92. The fourth-order valence-corrected chi connectivity index (χ4v) is 4.44. The van der Waals surface area contributed by atoms with Gasteiger partial charge in [0.15, 0.2) is 23.0 Å². The zero-order valence-corrected chi connectivity index (χ0v) is 19.9. The Morgan fingerprint density at radius 1 is 0.857 bits per heavy atom. The minimum Gasteiger partial charge on any atom is -0.493 e. The highest BCUT2D eigenvalue weighted by Crippen LogP contribution is 2.43. The van der Waals surface area contributed by atoms with Crippen LogP contribution >= 0.6 is 0 Å². The van der Waals surface area contributed by atoms with Gasteiger partial charge in [0.25, 0.3) is 11.6 Å². The summed E-state index contributed by atoms with van der Waals surface area (Å²) in [4.78, 5) is 26.0. The molecule has 35 heavy (non-hydrogen) atoms. The van der Waals surface area contributed by atoms with Crippen LogP contribution in [0.4, 0.5) is 5.69 Å². The van der Waals surface area contributed by atoms with Crippen molar-refractivity contribution in [3.8, 4) is 23.0 Å². The van der Waals surface area contributed by atoms with Crippen LogP contribution in [0.5, 0.6) is 23.0 Å². The molecule has 0 aromatic heterocycles. The van der Waals surface area contributed by atoms with Crippen molar-refractivity contribution in [3.05, 3.63) is 87.0 Å². The van der Waals surface area contributed by atoms with Crippen LogP contribution in [0.1, 0.15) is 33.1 Å². The fraction of sp³-hybridized carbons (Fsp3) is 0.269. The molecular weight excluding hydrogens is 452 g/mol. The normalized spacial score (nSPS) is 14.6. The zero-order valence-electron chi connectivity index (χ0n) is 19.9. The number of nitro benzene ring substituents is 1. The molecule has 0 N–H and O–H groups in total. The number of fused-ring (bicyclic) bond motifs is 1. The standard InChI is InChI=1S/C26H26N2O7/c1-32-21-10-7-18(14-22(21)33-2)25-20-15-24(35-4)23(34-3)13-17(20)11-12-27(25)26(29)16-5-8-19(9-6-16)28(30)31/h5-10,13-15,25H,11-12H2,1-4H3/t25-/m1/s1. The summed E-state index contributed by atoms with van der Waals surface area (Å²) in [6.07, 6.45) is 0.609. The highest BCUT2D eigenvalue weighted by molar-refractivity contribution is 5.95. The van der Waals surface area contributed by atoms with Crippen LogP contribution in [-0.2, 0) is 6.42 Å². The smallest absolute Gasteiger partial charge is 0.269 e. The Balaban J connectivity index is 1.85. The highest BCUT2D eigenvalue weighted by atomic mass is 16.6. The maximum absolute atomic E-state index is 13.7. The predicted molar refractivity (Wildman–Crippen MR) is 129 cm³/mol. The van der Waals surface area contributed by atoms with E-state index in [2.05, 4.69) is 0 Å². The molecule has 4 rings (SSSR count). The van der Waals surface area contributed by atoms with Crippen LogP contribution in [0, 0.1) is 10.1 Å². The van der Waals surface area contributed by atoms with Gasteiger partial charge in [-0.3, -0.25) is 14.9 Å². The quantitative estimate of drug-likeness (QED) is 0.366. The third-order valence-electron chi connectivity index (χ3n) is 6.18. The number of methoxy groups -OCH3 is 4. The van der Waals surface area contributed by atoms with Crippen molar-refractivity contribution < 1.29 is 28.7 Å². The summed E-state index contributed by atoms with van der Waals surface area (Å²) in [5, 5.41) is 11.0. The first-order valence-electron chi connectivity index (χ1n) is 10.9. The molecule has 1 aliphatic heterocycles. The maximum atomic E-state index is 13.7.